The first-order valence-electron chi connectivity index (χ1n) is 7.84. The fraction of sp³-hybridized carbons (Fsp3) is 0.222. The summed E-state index contributed by atoms with van der Waals surface area (Å²) in [7, 11) is 0. The van der Waals surface area contributed by atoms with Crippen LogP contribution in [0.2, 0.25) is 5.02 Å². The first-order valence-corrected chi connectivity index (χ1v) is 8.22. The van der Waals surface area contributed by atoms with Gasteiger partial charge in [-0.3, -0.25) is 9.20 Å². The smallest absolute Gasteiger partial charge is 0.270 e. The standard InChI is InChI=1S/C18H16ClN3O2/c19-12-4-6-14(7-5-12)24-15-9-13(10-15)21-18(23)16-11-20-17-3-1-2-8-22(16)17/h1-8,11,13,15H,9-10H2,(H,21,23)/t13-,15-. The average Bonchev–Trinajstić information content (AvgIpc) is 2.99. The highest BCUT2D eigenvalue weighted by Gasteiger charge is 2.32. The summed E-state index contributed by atoms with van der Waals surface area (Å²) in [5.74, 6) is 0.694. The fourth-order valence-corrected chi connectivity index (χ4v) is 2.97. The number of ether oxygens (including phenoxy) is 1. The molecule has 2 heterocycles. The zero-order valence-electron chi connectivity index (χ0n) is 12.9. The van der Waals surface area contributed by atoms with Crippen molar-refractivity contribution in [3.63, 3.8) is 0 Å². The maximum Gasteiger partial charge on any atom is 0.270 e. The summed E-state index contributed by atoms with van der Waals surface area (Å²) in [6.07, 6.45) is 5.16. The van der Waals surface area contributed by atoms with Gasteiger partial charge in [-0.25, -0.2) is 4.98 Å². The number of hydrogen-bond acceptors (Lipinski definition) is 3. The SMILES string of the molecule is O=C(N[C@H]1C[C@H](Oc2ccc(Cl)cc2)C1)c1cnc2ccccn12. The molecule has 0 bridgehead atoms. The molecule has 1 fully saturated rings. The number of nitrogens with one attached hydrogen (secondary N) is 1. The largest absolute Gasteiger partial charge is 0.490 e. The van der Waals surface area contributed by atoms with Crippen molar-refractivity contribution in [2.24, 2.45) is 0 Å². The van der Waals surface area contributed by atoms with Crippen LogP contribution in [0.15, 0.2) is 54.9 Å². The van der Waals surface area contributed by atoms with E-state index < -0.39 is 0 Å². The lowest BCUT2D eigenvalue weighted by Gasteiger charge is -2.35. The number of carbonyl (C=O) groups excluding carboxylic acids is 1. The molecule has 0 saturated heterocycles. The molecule has 0 aliphatic heterocycles. The number of aromatic nitrogens is 2. The number of benzene rings is 1. The molecule has 5 nitrogen and oxygen atoms in total. The summed E-state index contributed by atoms with van der Waals surface area (Å²) in [6, 6.07) is 13.1. The Bertz CT molecular complexity index is 869. The molecule has 1 amide bonds. The molecule has 1 N–H and O–H groups in total. The monoisotopic (exact) mass is 341 g/mol. The van der Waals surface area contributed by atoms with E-state index in [4.69, 9.17) is 16.3 Å². The fourth-order valence-electron chi connectivity index (χ4n) is 2.85. The molecule has 0 radical (unpaired) electrons. The Labute approximate surface area is 144 Å². The molecule has 6 heteroatoms. The quantitative estimate of drug-likeness (QED) is 0.792. The van der Waals surface area contributed by atoms with Crippen molar-refractivity contribution in [2.45, 2.75) is 25.0 Å². The minimum absolute atomic E-state index is 0.108. The van der Waals surface area contributed by atoms with Gasteiger partial charge >= 0.3 is 0 Å². The first kappa shape index (κ1) is 15.0. The maximum absolute atomic E-state index is 12.4. The summed E-state index contributed by atoms with van der Waals surface area (Å²) in [6.45, 7) is 0. The zero-order chi connectivity index (χ0) is 16.5. The van der Waals surface area contributed by atoms with E-state index in [0.29, 0.717) is 10.7 Å². The highest BCUT2D eigenvalue weighted by molar-refractivity contribution is 6.30. The van der Waals surface area contributed by atoms with Gasteiger partial charge in [0.2, 0.25) is 0 Å². The number of carbonyl (C=O) groups is 1. The van der Waals surface area contributed by atoms with E-state index in [1.54, 1.807) is 22.7 Å². The van der Waals surface area contributed by atoms with Gasteiger partial charge in [-0.2, -0.15) is 0 Å². The number of hydrogen-bond donors (Lipinski definition) is 1. The number of halogens is 1. The van der Waals surface area contributed by atoms with E-state index >= 15 is 0 Å². The van der Waals surface area contributed by atoms with Crippen molar-refractivity contribution in [2.75, 3.05) is 0 Å². The van der Waals surface area contributed by atoms with E-state index in [1.807, 2.05) is 36.5 Å². The van der Waals surface area contributed by atoms with Crippen LogP contribution in [0.4, 0.5) is 0 Å². The van der Waals surface area contributed by atoms with Crippen LogP contribution >= 0.6 is 11.6 Å². The Morgan fingerprint density at radius 2 is 2.00 bits per heavy atom. The summed E-state index contributed by atoms with van der Waals surface area (Å²) in [5.41, 5.74) is 1.31. The van der Waals surface area contributed by atoms with Gasteiger partial charge in [0.05, 0.1) is 6.20 Å². The van der Waals surface area contributed by atoms with Crippen molar-refractivity contribution >= 4 is 23.2 Å². The van der Waals surface area contributed by atoms with Crippen molar-refractivity contribution in [3.05, 3.63) is 65.6 Å². The van der Waals surface area contributed by atoms with Crippen LogP contribution in [0, 0.1) is 0 Å². The molecule has 24 heavy (non-hydrogen) atoms. The van der Waals surface area contributed by atoms with Gasteiger partial charge in [0, 0.05) is 30.1 Å². The second-order valence-electron chi connectivity index (χ2n) is 5.91. The lowest BCUT2D eigenvalue weighted by Crippen LogP contribution is -2.49. The third kappa shape index (κ3) is 2.95. The van der Waals surface area contributed by atoms with E-state index in [2.05, 4.69) is 10.3 Å². The van der Waals surface area contributed by atoms with Crippen LogP contribution in [0.3, 0.4) is 0 Å². The Morgan fingerprint density at radius 1 is 1.21 bits per heavy atom. The van der Waals surface area contributed by atoms with Crippen LogP contribution in [0.25, 0.3) is 5.65 Å². The van der Waals surface area contributed by atoms with Gasteiger partial charge in [0.15, 0.2) is 0 Å². The molecule has 122 valence electrons. The maximum atomic E-state index is 12.4. The van der Waals surface area contributed by atoms with Crippen LogP contribution in [-0.2, 0) is 0 Å². The number of amides is 1. The Hall–Kier alpha value is -2.53. The van der Waals surface area contributed by atoms with Gasteiger partial charge in [-0.1, -0.05) is 17.7 Å². The molecule has 1 aliphatic carbocycles. The molecule has 1 aromatic carbocycles. The normalized spacial score (nSPS) is 19.7. The Morgan fingerprint density at radius 3 is 2.79 bits per heavy atom. The molecular weight excluding hydrogens is 326 g/mol. The zero-order valence-corrected chi connectivity index (χ0v) is 13.6. The van der Waals surface area contributed by atoms with Gasteiger partial charge in [-0.15, -0.1) is 0 Å². The second kappa shape index (κ2) is 6.17. The summed E-state index contributed by atoms with van der Waals surface area (Å²) < 4.78 is 7.64. The summed E-state index contributed by atoms with van der Waals surface area (Å²) in [5, 5.41) is 3.72. The molecule has 2 aromatic heterocycles. The first-order chi connectivity index (χ1) is 11.7. The minimum atomic E-state index is -0.108. The predicted octanol–water partition coefficient (Wildman–Crippen LogP) is 3.33. The van der Waals surface area contributed by atoms with Crippen molar-refractivity contribution < 1.29 is 9.53 Å². The Balaban J connectivity index is 1.33. The van der Waals surface area contributed by atoms with Crippen molar-refractivity contribution in [1.82, 2.24) is 14.7 Å². The lowest BCUT2D eigenvalue weighted by molar-refractivity contribution is 0.0697. The highest BCUT2D eigenvalue weighted by atomic mass is 35.5. The molecule has 0 spiro atoms. The Kier molecular flexibility index (Phi) is 3.86. The number of fused-ring (bicyclic) bond motifs is 1. The topological polar surface area (TPSA) is 55.6 Å². The molecule has 0 unspecified atom stereocenters. The third-order valence-electron chi connectivity index (χ3n) is 4.20. The van der Waals surface area contributed by atoms with Crippen LogP contribution in [0.1, 0.15) is 23.3 Å². The van der Waals surface area contributed by atoms with Crippen molar-refractivity contribution in [1.29, 1.82) is 0 Å². The van der Waals surface area contributed by atoms with Gasteiger partial charge < -0.3 is 10.1 Å². The van der Waals surface area contributed by atoms with E-state index in [-0.39, 0.29) is 18.1 Å². The van der Waals surface area contributed by atoms with E-state index in [0.717, 1.165) is 24.2 Å². The molecule has 1 saturated carbocycles. The predicted molar refractivity (Wildman–Crippen MR) is 91.5 cm³/mol. The molecule has 1 aliphatic rings. The third-order valence-corrected chi connectivity index (χ3v) is 4.45. The number of imidazole rings is 1. The van der Waals surface area contributed by atoms with E-state index in [9.17, 15) is 4.79 Å². The average molecular weight is 342 g/mol. The molecule has 3 aromatic rings. The van der Waals surface area contributed by atoms with Crippen molar-refractivity contribution in [3.8, 4) is 5.75 Å². The van der Waals surface area contributed by atoms with Gasteiger partial charge in [0.1, 0.15) is 23.2 Å². The minimum Gasteiger partial charge on any atom is -0.490 e. The number of pyridine rings is 1. The van der Waals surface area contributed by atoms with Crippen LogP contribution < -0.4 is 10.1 Å². The van der Waals surface area contributed by atoms with Crippen LogP contribution in [0.5, 0.6) is 5.75 Å². The molecule has 0 atom stereocenters. The molecular formula is C18H16ClN3O2. The highest BCUT2D eigenvalue weighted by Crippen LogP contribution is 2.27. The lowest BCUT2D eigenvalue weighted by atomic mass is 9.89. The summed E-state index contributed by atoms with van der Waals surface area (Å²) >= 11 is 5.86. The van der Waals surface area contributed by atoms with Gasteiger partial charge in [-0.05, 0) is 36.4 Å². The summed E-state index contributed by atoms with van der Waals surface area (Å²) in [4.78, 5) is 16.6. The number of nitrogens with zero attached hydrogens (tertiary/aromatic N) is 2. The number of rotatable bonds is 4. The van der Waals surface area contributed by atoms with E-state index in [1.165, 1.54) is 0 Å². The van der Waals surface area contributed by atoms with Gasteiger partial charge in [0.25, 0.3) is 5.91 Å². The molecule has 4 rings (SSSR count). The van der Waals surface area contributed by atoms with Crippen LogP contribution in [-0.4, -0.2) is 27.4 Å². The second-order valence-corrected chi connectivity index (χ2v) is 6.34.